The Kier molecular flexibility index (Phi) is 6.24. The largest absolute Gasteiger partial charge is 0.416 e. The summed E-state index contributed by atoms with van der Waals surface area (Å²) in [6.07, 6.45) is -6.10. The van der Waals surface area contributed by atoms with Crippen LogP contribution in [-0.4, -0.2) is 34.2 Å². The Morgan fingerprint density at radius 2 is 1.81 bits per heavy atom. The lowest BCUT2D eigenvalue weighted by Crippen LogP contribution is -2.53. The van der Waals surface area contributed by atoms with E-state index in [0.29, 0.717) is 0 Å². The fourth-order valence-corrected chi connectivity index (χ4v) is 3.96. The number of benzene rings is 2. The lowest BCUT2D eigenvalue weighted by Gasteiger charge is -2.26. The molecule has 188 valence electrons. The maximum Gasteiger partial charge on any atom is 0.416 e. The van der Waals surface area contributed by atoms with E-state index in [2.05, 4.69) is 21.0 Å². The predicted octanol–water partition coefficient (Wildman–Crippen LogP) is 3.51. The quantitative estimate of drug-likeness (QED) is 0.351. The van der Waals surface area contributed by atoms with Gasteiger partial charge >= 0.3 is 12.2 Å². The van der Waals surface area contributed by atoms with Gasteiger partial charge in [0.15, 0.2) is 5.54 Å². The van der Waals surface area contributed by atoms with Crippen molar-refractivity contribution in [2.24, 2.45) is 7.05 Å². The maximum atomic E-state index is 13.4. The Morgan fingerprint density at radius 3 is 2.33 bits per heavy atom. The topological polar surface area (TPSA) is 105 Å². The van der Waals surface area contributed by atoms with Gasteiger partial charge in [-0.05, 0) is 41.5 Å². The lowest BCUT2D eigenvalue weighted by molar-refractivity contribution is -0.137. The number of imide groups is 1. The Morgan fingerprint density at radius 1 is 1.11 bits per heavy atom. The number of halogens is 5. The van der Waals surface area contributed by atoms with Gasteiger partial charge in [0.2, 0.25) is 0 Å². The van der Waals surface area contributed by atoms with Crippen LogP contribution in [0.5, 0.6) is 0 Å². The monoisotopic (exact) mass is 507 g/mol. The third-order valence-electron chi connectivity index (χ3n) is 5.78. The molecule has 1 aromatic heterocycles. The zero-order valence-electron chi connectivity index (χ0n) is 18.5. The lowest BCUT2D eigenvalue weighted by atomic mass is 9.93. The summed E-state index contributed by atoms with van der Waals surface area (Å²) in [5.41, 5.74) is -2.86. The maximum absolute atomic E-state index is 13.4. The van der Waals surface area contributed by atoms with Crippen molar-refractivity contribution in [3.8, 4) is 11.1 Å². The normalized spacial score (nSPS) is 17.8. The summed E-state index contributed by atoms with van der Waals surface area (Å²) in [7, 11) is 1.53. The molecule has 13 heteroatoms. The van der Waals surface area contributed by atoms with Gasteiger partial charge in [-0.25, -0.2) is 13.6 Å². The molecule has 0 aliphatic carbocycles. The standard InChI is InChI=1S/C23H18F5N5O3/c1-33-17(8-9-30-33)22(20(35)31-21(36)32-22)11-29-19(34)15-7-4-13(18(24)25)10-16(15)12-2-5-14(6-3-12)23(26,27)28/h2-10,18H,11H2,1H3,(H,29,34)(H2,31,32,35,36). The van der Waals surface area contributed by atoms with Crippen LogP contribution in [0.2, 0.25) is 0 Å². The second kappa shape index (κ2) is 9.06. The van der Waals surface area contributed by atoms with E-state index in [1.165, 1.54) is 24.0 Å². The highest BCUT2D eigenvalue weighted by Crippen LogP contribution is 2.34. The third-order valence-corrected chi connectivity index (χ3v) is 5.78. The van der Waals surface area contributed by atoms with Crippen molar-refractivity contribution < 1.29 is 36.3 Å². The molecule has 0 spiro atoms. The number of amides is 4. The van der Waals surface area contributed by atoms with Gasteiger partial charge < -0.3 is 10.6 Å². The van der Waals surface area contributed by atoms with E-state index in [4.69, 9.17) is 0 Å². The number of nitrogens with one attached hydrogen (secondary N) is 3. The summed E-state index contributed by atoms with van der Waals surface area (Å²) >= 11 is 0. The molecule has 0 radical (unpaired) electrons. The SMILES string of the molecule is Cn1nccc1C1(CNC(=O)c2ccc(C(F)F)cc2-c2ccc(C(F)(F)F)cc2)NC(=O)NC1=O. The third kappa shape index (κ3) is 4.51. The van der Waals surface area contributed by atoms with Gasteiger partial charge in [0.25, 0.3) is 18.2 Å². The Labute approximate surface area is 200 Å². The zero-order valence-corrected chi connectivity index (χ0v) is 18.5. The van der Waals surface area contributed by atoms with Crippen molar-refractivity contribution in [3.05, 3.63) is 77.1 Å². The number of carbonyl (C=O) groups is 3. The molecule has 1 atom stereocenters. The zero-order chi connectivity index (χ0) is 26.3. The van der Waals surface area contributed by atoms with Gasteiger partial charge in [0.05, 0.1) is 17.8 Å². The van der Waals surface area contributed by atoms with Crippen molar-refractivity contribution in [2.75, 3.05) is 6.54 Å². The molecular weight excluding hydrogens is 489 g/mol. The first-order valence-corrected chi connectivity index (χ1v) is 10.4. The molecule has 1 saturated heterocycles. The number of carbonyl (C=O) groups excluding carboxylic acids is 3. The average Bonchev–Trinajstić information content (AvgIpc) is 3.38. The minimum atomic E-state index is -4.60. The second-order valence-electron chi connectivity index (χ2n) is 8.02. The fraction of sp³-hybridized carbons (Fsp3) is 0.217. The summed E-state index contributed by atoms with van der Waals surface area (Å²) in [5, 5.41) is 11.1. The van der Waals surface area contributed by atoms with E-state index >= 15 is 0 Å². The molecular formula is C23H18F5N5O3. The summed E-state index contributed by atoms with van der Waals surface area (Å²) < 4.78 is 66.9. The minimum Gasteiger partial charge on any atom is -0.349 e. The molecule has 8 nitrogen and oxygen atoms in total. The first-order chi connectivity index (χ1) is 16.9. The number of hydrogen-bond donors (Lipinski definition) is 3. The van der Waals surface area contributed by atoms with Gasteiger partial charge in [0, 0.05) is 24.4 Å². The molecule has 1 aliphatic rings. The van der Waals surface area contributed by atoms with Gasteiger partial charge in [-0.2, -0.15) is 18.3 Å². The number of aromatic nitrogens is 2. The highest BCUT2D eigenvalue weighted by atomic mass is 19.4. The Balaban J connectivity index is 1.68. The Hall–Kier alpha value is -4.29. The van der Waals surface area contributed by atoms with Crippen LogP contribution >= 0.6 is 0 Å². The number of alkyl halides is 5. The molecule has 0 bridgehead atoms. The van der Waals surface area contributed by atoms with E-state index in [1.54, 1.807) is 0 Å². The van der Waals surface area contributed by atoms with Crippen LogP contribution in [0.3, 0.4) is 0 Å². The summed E-state index contributed by atoms with van der Waals surface area (Å²) in [6.45, 7) is -0.425. The molecule has 1 unspecified atom stereocenters. The smallest absolute Gasteiger partial charge is 0.349 e. The van der Waals surface area contributed by atoms with Crippen molar-refractivity contribution in [1.82, 2.24) is 25.7 Å². The molecule has 2 aromatic carbocycles. The molecule has 3 N–H and O–H groups in total. The molecule has 36 heavy (non-hydrogen) atoms. The first kappa shape index (κ1) is 24.8. The molecule has 1 fully saturated rings. The van der Waals surface area contributed by atoms with Crippen LogP contribution in [0.25, 0.3) is 11.1 Å². The molecule has 3 aromatic rings. The Bertz CT molecular complexity index is 1340. The van der Waals surface area contributed by atoms with Crippen LogP contribution < -0.4 is 16.0 Å². The summed E-state index contributed by atoms with van der Waals surface area (Å²) in [4.78, 5) is 37.7. The minimum absolute atomic E-state index is 0.0338. The second-order valence-corrected chi connectivity index (χ2v) is 8.02. The predicted molar refractivity (Wildman–Crippen MR) is 116 cm³/mol. The number of rotatable bonds is 6. The fourth-order valence-electron chi connectivity index (χ4n) is 3.96. The highest BCUT2D eigenvalue weighted by molar-refractivity contribution is 6.08. The van der Waals surface area contributed by atoms with Crippen LogP contribution in [0, 0.1) is 0 Å². The number of urea groups is 1. The van der Waals surface area contributed by atoms with Crippen LogP contribution in [-0.2, 0) is 23.6 Å². The van der Waals surface area contributed by atoms with Crippen molar-refractivity contribution in [2.45, 2.75) is 18.1 Å². The molecule has 1 aliphatic heterocycles. The van der Waals surface area contributed by atoms with Gasteiger partial charge in [0.1, 0.15) is 0 Å². The highest BCUT2D eigenvalue weighted by Gasteiger charge is 2.50. The van der Waals surface area contributed by atoms with E-state index in [9.17, 15) is 36.3 Å². The van der Waals surface area contributed by atoms with E-state index in [1.807, 2.05) is 0 Å². The van der Waals surface area contributed by atoms with E-state index in [0.717, 1.165) is 42.5 Å². The molecule has 2 heterocycles. The van der Waals surface area contributed by atoms with Crippen LogP contribution in [0.4, 0.5) is 26.7 Å². The summed E-state index contributed by atoms with van der Waals surface area (Å²) in [6, 6.07) is 7.55. The number of hydrogen-bond acceptors (Lipinski definition) is 4. The van der Waals surface area contributed by atoms with Gasteiger partial charge in [-0.15, -0.1) is 0 Å². The van der Waals surface area contributed by atoms with Crippen molar-refractivity contribution in [3.63, 3.8) is 0 Å². The van der Waals surface area contributed by atoms with Gasteiger partial charge in [-0.3, -0.25) is 19.6 Å². The van der Waals surface area contributed by atoms with E-state index < -0.39 is 53.7 Å². The first-order valence-electron chi connectivity index (χ1n) is 10.4. The molecule has 0 saturated carbocycles. The summed E-state index contributed by atoms with van der Waals surface area (Å²) in [5.74, 6) is -1.55. The van der Waals surface area contributed by atoms with Gasteiger partial charge in [-0.1, -0.05) is 18.2 Å². The molecule has 4 amide bonds. The van der Waals surface area contributed by atoms with Crippen molar-refractivity contribution in [1.29, 1.82) is 0 Å². The average molecular weight is 507 g/mol. The van der Waals surface area contributed by atoms with Crippen LogP contribution in [0.15, 0.2) is 54.7 Å². The molecule has 4 rings (SSSR count). The van der Waals surface area contributed by atoms with Crippen molar-refractivity contribution >= 4 is 17.8 Å². The van der Waals surface area contributed by atoms with E-state index in [-0.39, 0.29) is 22.4 Å². The van der Waals surface area contributed by atoms with Crippen LogP contribution in [0.1, 0.15) is 33.6 Å². The number of aryl methyl sites for hydroxylation is 1. The number of nitrogens with zero attached hydrogens (tertiary/aromatic N) is 2.